The molecule has 18 heavy (non-hydrogen) atoms. The molecule has 1 unspecified atom stereocenters. The van der Waals surface area contributed by atoms with Crippen LogP contribution in [0.4, 0.5) is 0 Å². The third kappa shape index (κ3) is 2.68. The van der Waals surface area contributed by atoms with Crippen molar-refractivity contribution >= 4 is 5.91 Å². The maximum absolute atomic E-state index is 12.2. The molecule has 0 aromatic carbocycles. The van der Waals surface area contributed by atoms with Crippen LogP contribution in [-0.2, 0) is 9.53 Å². The smallest absolute Gasteiger partial charge is 0.240 e. The van der Waals surface area contributed by atoms with Crippen LogP contribution in [0.2, 0.25) is 0 Å². The van der Waals surface area contributed by atoms with Crippen molar-refractivity contribution in [3.05, 3.63) is 0 Å². The fourth-order valence-electron chi connectivity index (χ4n) is 2.99. The van der Waals surface area contributed by atoms with E-state index in [2.05, 4.69) is 15.5 Å². The molecule has 102 valence electrons. The van der Waals surface area contributed by atoms with E-state index < -0.39 is 0 Å². The lowest BCUT2D eigenvalue weighted by molar-refractivity contribution is -0.129. The summed E-state index contributed by atoms with van der Waals surface area (Å²) in [5.41, 5.74) is 0. The molecule has 2 N–H and O–H groups in total. The molecule has 1 amide bonds. The van der Waals surface area contributed by atoms with Gasteiger partial charge in [-0.05, 0) is 26.2 Å². The summed E-state index contributed by atoms with van der Waals surface area (Å²) in [6.45, 7) is 5.59. The average molecular weight is 253 g/mol. The molecule has 1 saturated carbocycles. The van der Waals surface area contributed by atoms with Crippen LogP contribution in [0.25, 0.3) is 0 Å². The van der Waals surface area contributed by atoms with Crippen LogP contribution in [0.5, 0.6) is 0 Å². The minimum absolute atomic E-state index is 0.0281. The van der Waals surface area contributed by atoms with Crippen molar-refractivity contribution in [1.82, 2.24) is 15.5 Å². The summed E-state index contributed by atoms with van der Waals surface area (Å²) in [5.74, 6) is 0.102. The number of nitrogens with zero attached hydrogens (tertiary/aromatic N) is 1. The van der Waals surface area contributed by atoms with Gasteiger partial charge in [-0.25, -0.2) is 0 Å². The number of likely N-dealkylation sites (tertiary alicyclic amines) is 1. The van der Waals surface area contributed by atoms with Crippen molar-refractivity contribution in [3.63, 3.8) is 0 Å². The van der Waals surface area contributed by atoms with E-state index in [1.807, 2.05) is 6.92 Å². The molecule has 2 aliphatic heterocycles. The molecule has 0 aromatic heterocycles. The standard InChI is InChI=1S/C13H23N3O2/c1-9-12(14-5-7-18-9)13(17)15-10-4-6-16(8-10)11-2-3-11/h9-12,14H,2-8H2,1H3,(H,15,17)/t9-,10?,12+/m1/s1. The third-order valence-corrected chi connectivity index (χ3v) is 4.23. The number of nitrogens with one attached hydrogen (secondary N) is 2. The first-order chi connectivity index (χ1) is 8.74. The predicted octanol–water partition coefficient (Wildman–Crippen LogP) is -0.284. The van der Waals surface area contributed by atoms with Crippen LogP contribution >= 0.6 is 0 Å². The van der Waals surface area contributed by atoms with Gasteiger partial charge in [0.1, 0.15) is 6.04 Å². The SMILES string of the molecule is C[C@H]1OCCN[C@@H]1C(=O)NC1CCN(C2CC2)C1. The Bertz CT molecular complexity index is 319. The Balaban J connectivity index is 1.48. The van der Waals surface area contributed by atoms with Gasteiger partial charge in [0.05, 0.1) is 12.7 Å². The maximum atomic E-state index is 12.2. The van der Waals surface area contributed by atoms with Crippen molar-refractivity contribution in [3.8, 4) is 0 Å². The molecule has 5 nitrogen and oxygen atoms in total. The number of carbonyl (C=O) groups is 1. The highest BCUT2D eigenvalue weighted by atomic mass is 16.5. The number of ether oxygens (including phenoxy) is 1. The second kappa shape index (κ2) is 5.15. The number of amides is 1. The van der Waals surface area contributed by atoms with Crippen molar-refractivity contribution in [2.45, 2.75) is 50.4 Å². The lowest BCUT2D eigenvalue weighted by Crippen LogP contribution is -2.57. The zero-order valence-electron chi connectivity index (χ0n) is 11.0. The molecule has 3 fully saturated rings. The summed E-state index contributed by atoms with van der Waals surface area (Å²) in [5, 5.41) is 6.41. The van der Waals surface area contributed by atoms with E-state index in [1.54, 1.807) is 0 Å². The average Bonchev–Trinajstić information content (AvgIpc) is 3.11. The molecular weight excluding hydrogens is 230 g/mol. The van der Waals surface area contributed by atoms with Gasteiger partial charge in [0.25, 0.3) is 0 Å². The molecule has 5 heteroatoms. The van der Waals surface area contributed by atoms with Crippen LogP contribution in [0.3, 0.4) is 0 Å². The summed E-state index contributed by atoms with van der Waals surface area (Å²) in [4.78, 5) is 14.7. The predicted molar refractivity (Wildman–Crippen MR) is 68.3 cm³/mol. The van der Waals surface area contributed by atoms with Crippen molar-refractivity contribution < 1.29 is 9.53 Å². The fourth-order valence-corrected chi connectivity index (χ4v) is 2.99. The zero-order valence-corrected chi connectivity index (χ0v) is 11.0. The Hall–Kier alpha value is -0.650. The fraction of sp³-hybridized carbons (Fsp3) is 0.923. The van der Waals surface area contributed by atoms with Gasteiger partial charge in [-0.3, -0.25) is 9.69 Å². The molecule has 3 atom stereocenters. The van der Waals surface area contributed by atoms with Crippen LogP contribution < -0.4 is 10.6 Å². The van der Waals surface area contributed by atoms with Crippen LogP contribution in [0.15, 0.2) is 0 Å². The Labute approximate surface area is 108 Å². The lowest BCUT2D eigenvalue weighted by atomic mass is 10.1. The van der Waals surface area contributed by atoms with Gasteiger partial charge in [0.2, 0.25) is 5.91 Å². The zero-order chi connectivity index (χ0) is 12.5. The molecule has 0 radical (unpaired) electrons. The van der Waals surface area contributed by atoms with Gasteiger partial charge in [-0.15, -0.1) is 0 Å². The van der Waals surface area contributed by atoms with E-state index in [0.717, 1.165) is 32.1 Å². The minimum Gasteiger partial charge on any atom is -0.375 e. The third-order valence-electron chi connectivity index (χ3n) is 4.23. The summed E-state index contributed by atoms with van der Waals surface area (Å²) < 4.78 is 5.51. The molecular formula is C13H23N3O2. The van der Waals surface area contributed by atoms with Gasteiger partial charge >= 0.3 is 0 Å². The van der Waals surface area contributed by atoms with E-state index >= 15 is 0 Å². The van der Waals surface area contributed by atoms with Crippen molar-refractivity contribution in [1.29, 1.82) is 0 Å². The molecule has 0 aromatic rings. The molecule has 3 aliphatic rings. The molecule has 1 aliphatic carbocycles. The number of rotatable bonds is 3. The quantitative estimate of drug-likeness (QED) is 0.726. The Morgan fingerprint density at radius 1 is 1.39 bits per heavy atom. The summed E-state index contributed by atoms with van der Waals surface area (Å²) in [7, 11) is 0. The first-order valence-corrected chi connectivity index (χ1v) is 7.13. The summed E-state index contributed by atoms with van der Waals surface area (Å²) >= 11 is 0. The Morgan fingerprint density at radius 2 is 2.22 bits per heavy atom. The largest absolute Gasteiger partial charge is 0.375 e. The van der Waals surface area contributed by atoms with E-state index in [1.165, 1.54) is 12.8 Å². The van der Waals surface area contributed by atoms with Crippen LogP contribution in [0, 0.1) is 0 Å². The number of hydrogen-bond donors (Lipinski definition) is 2. The van der Waals surface area contributed by atoms with Crippen molar-refractivity contribution in [2.24, 2.45) is 0 Å². The summed E-state index contributed by atoms with van der Waals surface area (Å²) in [6, 6.07) is 0.949. The van der Waals surface area contributed by atoms with Gasteiger partial charge in [0, 0.05) is 31.7 Å². The Kier molecular flexibility index (Phi) is 3.54. The van der Waals surface area contributed by atoms with E-state index in [-0.39, 0.29) is 18.1 Å². The second-order valence-electron chi connectivity index (χ2n) is 5.73. The molecule has 2 heterocycles. The van der Waals surface area contributed by atoms with Crippen LogP contribution in [-0.4, -0.2) is 61.3 Å². The van der Waals surface area contributed by atoms with Crippen LogP contribution in [0.1, 0.15) is 26.2 Å². The summed E-state index contributed by atoms with van der Waals surface area (Å²) in [6.07, 6.45) is 3.75. The number of hydrogen-bond acceptors (Lipinski definition) is 4. The first-order valence-electron chi connectivity index (χ1n) is 7.13. The van der Waals surface area contributed by atoms with Gasteiger partial charge < -0.3 is 15.4 Å². The van der Waals surface area contributed by atoms with Gasteiger partial charge in [-0.2, -0.15) is 0 Å². The topological polar surface area (TPSA) is 53.6 Å². The monoisotopic (exact) mass is 253 g/mol. The second-order valence-corrected chi connectivity index (χ2v) is 5.73. The Morgan fingerprint density at radius 3 is 2.94 bits per heavy atom. The molecule has 0 spiro atoms. The minimum atomic E-state index is -0.186. The molecule has 3 rings (SSSR count). The van der Waals surface area contributed by atoms with Crippen molar-refractivity contribution in [2.75, 3.05) is 26.2 Å². The number of morpholine rings is 1. The number of carbonyl (C=O) groups excluding carboxylic acids is 1. The maximum Gasteiger partial charge on any atom is 0.240 e. The highest BCUT2D eigenvalue weighted by Crippen LogP contribution is 2.29. The van der Waals surface area contributed by atoms with E-state index in [9.17, 15) is 4.79 Å². The van der Waals surface area contributed by atoms with Gasteiger partial charge in [-0.1, -0.05) is 0 Å². The highest BCUT2D eigenvalue weighted by molar-refractivity contribution is 5.82. The van der Waals surface area contributed by atoms with Gasteiger partial charge in [0.15, 0.2) is 0 Å². The molecule has 2 saturated heterocycles. The highest BCUT2D eigenvalue weighted by Gasteiger charge is 2.36. The lowest BCUT2D eigenvalue weighted by Gasteiger charge is -2.30. The molecule has 0 bridgehead atoms. The normalized spacial score (nSPS) is 37.7. The van der Waals surface area contributed by atoms with E-state index in [4.69, 9.17) is 4.74 Å². The van der Waals surface area contributed by atoms with E-state index in [0.29, 0.717) is 12.6 Å². The first kappa shape index (κ1) is 12.4.